The van der Waals surface area contributed by atoms with Gasteiger partial charge in [-0.25, -0.2) is 9.18 Å². The van der Waals surface area contributed by atoms with Gasteiger partial charge in [0.2, 0.25) is 0 Å². The molecule has 0 aliphatic heterocycles. The summed E-state index contributed by atoms with van der Waals surface area (Å²) in [6.07, 6.45) is -0.987. The Labute approximate surface area is 91.9 Å². The number of carbonyl (C=O) groups is 1. The number of carbonyl (C=O) groups excluding carboxylic acids is 1. The van der Waals surface area contributed by atoms with Gasteiger partial charge in [-0.05, 0) is 24.3 Å². The Morgan fingerprint density at radius 2 is 2.00 bits per heavy atom. The maximum Gasteiger partial charge on any atom is 0.319 e. The number of rotatable bonds is 4. The van der Waals surface area contributed by atoms with Gasteiger partial charge in [-0.1, -0.05) is 0 Å². The fourth-order valence-electron chi connectivity index (χ4n) is 0.984. The highest BCUT2D eigenvalue weighted by atomic mass is 19.1. The summed E-state index contributed by atoms with van der Waals surface area (Å²) in [7, 11) is 0. The second-order valence-electron chi connectivity index (χ2n) is 3.18. The van der Waals surface area contributed by atoms with E-state index >= 15 is 0 Å². The van der Waals surface area contributed by atoms with Crippen LogP contribution in [0.5, 0.6) is 0 Å². The van der Waals surface area contributed by atoms with E-state index in [4.69, 9.17) is 10.2 Å². The quantitative estimate of drug-likeness (QED) is 0.598. The summed E-state index contributed by atoms with van der Waals surface area (Å²) in [6.45, 7) is -0.472. The molecule has 0 saturated heterocycles. The van der Waals surface area contributed by atoms with E-state index in [-0.39, 0.29) is 12.4 Å². The van der Waals surface area contributed by atoms with Crippen LogP contribution in [0.3, 0.4) is 0 Å². The van der Waals surface area contributed by atoms with Crippen LogP contribution in [-0.2, 0) is 0 Å². The van der Waals surface area contributed by atoms with Crippen LogP contribution in [0, 0.1) is 5.82 Å². The van der Waals surface area contributed by atoms with Crippen molar-refractivity contribution in [3.63, 3.8) is 0 Å². The Balaban J connectivity index is 2.37. The fraction of sp³-hybridized carbons (Fsp3) is 0.300. The number of amides is 2. The predicted molar refractivity (Wildman–Crippen MR) is 56.5 cm³/mol. The summed E-state index contributed by atoms with van der Waals surface area (Å²) in [5.41, 5.74) is 0.442. The monoisotopic (exact) mass is 228 g/mol. The van der Waals surface area contributed by atoms with Crippen molar-refractivity contribution in [3.05, 3.63) is 30.1 Å². The number of nitrogens with one attached hydrogen (secondary N) is 2. The average Bonchev–Trinajstić information content (AvgIpc) is 2.29. The topological polar surface area (TPSA) is 81.6 Å². The molecule has 16 heavy (non-hydrogen) atoms. The van der Waals surface area contributed by atoms with Gasteiger partial charge < -0.3 is 20.8 Å². The van der Waals surface area contributed by atoms with Crippen molar-refractivity contribution in [3.8, 4) is 0 Å². The number of hydrogen-bond donors (Lipinski definition) is 4. The number of urea groups is 1. The fourth-order valence-corrected chi connectivity index (χ4v) is 0.984. The number of aliphatic hydroxyl groups excluding tert-OH is 2. The second kappa shape index (κ2) is 6.04. The Hall–Kier alpha value is -1.66. The van der Waals surface area contributed by atoms with Gasteiger partial charge in [0.15, 0.2) is 0 Å². The molecule has 0 aliphatic rings. The first kappa shape index (κ1) is 12.4. The second-order valence-corrected chi connectivity index (χ2v) is 3.18. The van der Waals surface area contributed by atoms with Gasteiger partial charge in [-0.15, -0.1) is 0 Å². The molecule has 5 nitrogen and oxygen atoms in total. The first-order valence-corrected chi connectivity index (χ1v) is 4.71. The molecule has 6 heteroatoms. The third-order valence-electron chi connectivity index (χ3n) is 1.81. The van der Waals surface area contributed by atoms with Gasteiger partial charge in [-0.2, -0.15) is 0 Å². The van der Waals surface area contributed by atoms with Gasteiger partial charge in [0, 0.05) is 12.2 Å². The zero-order valence-electron chi connectivity index (χ0n) is 8.48. The highest BCUT2D eigenvalue weighted by Crippen LogP contribution is 2.07. The van der Waals surface area contributed by atoms with Crippen molar-refractivity contribution in [2.75, 3.05) is 18.5 Å². The molecule has 0 radical (unpaired) electrons. The highest BCUT2D eigenvalue weighted by molar-refractivity contribution is 5.89. The van der Waals surface area contributed by atoms with Crippen LogP contribution in [-0.4, -0.2) is 35.5 Å². The molecule has 0 aromatic heterocycles. The van der Waals surface area contributed by atoms with Gasteiger partial charge in [0.05, 0.1) is 12.7 Å². The maximum atomic E-state index is 12.5. The molecule has 0 spiro atoms. The molecule has 1 aromatic carbocycles. The van der Waals surface area contributed by atoms with E-state index in [1.165, 1.54) is 24.3 Å². The molecule has 0 heterocycles. The van der Waals surface area contributed by atoms with Crippen LogP contribution in [0.4, 0.5) is 14.9 Å². The summed E-state index contributed by atoms with van der Waals surface area (Å²) < 4.78 is 12.5. The molecule has 88 valence electrons. The average molecular weight is 228 g/mol. The van der Waals surface area contributed by atoms with E-state index in [0.717, 1.165) is 0 Å². The Morgan fingerprint density at radius 3 is 2.56 bits per heavy atom. The first-order valence-electron chi connectivity index (χ1n) is 4.71. The van der Waals surface area contributed by atoms with Crippen molar-refractivity contribution in [2.45, 2.75) is 6.10 Å². The molecular weight excluding hydrogens is 215 g/mol. The molecule has 0 aliphatic carbocycles. The Bertz CT molecular complexity index is 342. The lowest BCUT2D eigenvalue weighted by molar-refractivity contribution is 0.0965. The molecular formula is C10H13FN2O3. The molecule has 4 N–H and O–H groups in total. The number of anilines is 1. The molecule has 1 rings (SSSR count). The summed E-state index contributed by atoms with van der Waals surface area (Å²) in [5.74, 6) is -0.387. The van der Waals surface area contributed by atoms with Gasteiger partial charge in [-0.3, -0.25) is 0 Å². The summed E-state index contributed by atoms with van der Waals surface area (Å²) in [5, 5.41) is 22.3. The first-order chi connectivity index (χ1) is 7.61. The van der Waals surface area contributed by atoms with Gasteiger partial charge in [0.1, 0.15) is 5.82 Å². The van der Waals surface area contributed by atoms with Crippen molar-refractivity contribution in [1.29, 1.82) is 0 Å². The van der Waals surface area contributed by atoms with E-state index in [0.29, 0.717) is 5.69 Å². The smallest absolute Gasteiger partial charge is 0.319 e. The summed E-state index contributed by atoms with van der Waals surface area (Å²) in [4.78, 5) is 11.2. The molecule has 0 bridgehead atoms. The Morgan fingerprint density at radius 1 is 1.38 bits per heavy atom. The minimum absolute atomic E-state index is 0.0521. The minimum Gasteiger partial charge on any atom is -0.394 e. The normalized spacial score (nSPS) is 11.9. The maximum absolute atomic E-state index is 12.5. The van der Waals surface area contributed by atoms with Crippen molar-refractivity contribution in [2.24, 2.45) is 0 Å². The highest BCUT2D eigenvalue weighted by Gasteiger charge is 2.05. The van der Waals surface area contributed by atoms with Gasteiger partial charge >= 0.3 is 6.03 Å². The molecule has 1 aromatic rings. The number of benzene rings is 1. The van der Waals surface area contributed by atoms with E-state index in [2.05, 4.69) is 10.6 Å². The number of aliphatic hydroxyl groups is 2. The molecule has 0 fully saturated rings. The lowest BCUT2D eigenvalue weighted by Crippen LogP contribution is -2.36. The summed E-state index contributed by atoms with van der Waals surface area (Å²) in [6, 6.07) is 4.74. The van der Waals surface area contributed by atoms with Crippen molar-refractivity contribution in [1.82, 2.24) is 5.32 Å². The van der Waals surface area contributed by atoms with Crippen LogP contribution in [0.15, 0.2) is 24.3 Å². The van der Waals surface area contributed by atoms with Gasteiger partial charge in [0.25, 0.3) is 0 Å². The molecule has 2 amide bonds. The van der Waals surface area contributed by atoms with Crippen LogP contribution in [0.2, 0.25) is 0 Å². The number of halogens is 1. The van der Waals surface area contributed by atoms with E-state index < -0.39 is 18.7 Å². The third kappa shape index (κ3) is 4.24. The largest absolute Gasteiger partial charge is 0.394 e. The SMILES string of the molecule is O=C(NC[C@@H](O)CO)Nc1ccc(F)cc1. The third-order valence-corrected chi connectivity index (χ3v) is 1.81. The number of hydrogen-bond acceptors (Lipinski definition) is 3. The van der Waals surface area contributed by atoms with Crippen molar-refractivity contribution < 1.29 is 19.4 Å². The lowest BCUT2D eigenvalue weighted by Gasteiger charge is -2.10. The van der Waals surface area contributed by atoms with Crippen LogP contribution >= 0.6 is 0 Å². The zero-order valence-corrected chi connectivity index (χ0v) is 8.48. The molecule has 1 atom stereocenters. The lowest BCUT2D eigenvalue weighted by atomic mass is 10.3. The van der Waals surface area contributed by atoms with Crippen LogP contribution < -0.4 is 10.6 Å². The van der Waals surface area contributed by atoms with E-state index in [1.54, 1.807) is 0 Å². The summed E-state index contributed by atoms with van der Waals surface area (Å²) >= 11 is 0. The minimum atomic E-state index is -0.987. The molecule has 0 unspecified atom stereocenters. The predicted octanol–water partition coefficient (Wildman–Crippen LogP) is 0.300. The van der Waals surface area contributed by atoms with Crippen LogP contribution in [0.25, 0.3) is 0 Å². The zero-order chi connectivity index (χ0) is 12.0. The van der Waals surface area contributed by atoms with Crippen LogP contribution in [0.1, 0.15) is 0 Å². The van der Waals surface area contributed by atoms with E-state index in [9.17, 15) is 9.18 Å². The van der Waals surface area contributed by atoms with Crippen molar-refractivity contribution >= 4 is 11.7 Å². The van der Waals surface area contributed by atoms with E-state index in [1.807, 2.05) is 0 Å². The standard InChI is InChI=1S/C10H13FN2O3/c11-7-1-3-8(4-2-7)13-10(16)12-5-9(15)6-14/h1-4,9,14-15H,5-6H2,(H2,12,13,16)/t9-/m1/s1. The molecule has 0 saturated carbocycles. The Kier molecular flexibility index (Phi) is 4.68.